The number of carboxylic acids is 2. The first kappa shape index (κ1) is 16.7. The van der Waals surface area contributed by atoms with Crippen LogP contribution in [0.5, 0.6) is 0 Å². The Morgan fingerprint density at radius 2 is 1.43 bits per heavy atom. The fourth-order valence-corrected chi connectivity index (χ4v) is 2.88. The summed E-state index contributed by atoms with van der Waals surface area (Å²) in [6.45, 7) is 0. The SMILES string of the molecule is O=C(O)c1cc(Cc2ccccc2S(=O)(=O)O)cc(C(=O)O)c1. The van der Waals surface area contributed by atoms with Gasteiger partial charge in [-0.3, -0.25) is 4.55 Å². The van der Waals surface area contributed by atoms with Gasteiger partial charge in [-0.25, -0.2) is 9.59 Å². The van der Waals surface area contributed by atoms with Crippen LogP contribution in [0.15, 0.2) is 47.4 Å². The Labute approximate surface area is 131 Å². The minimum Gasteiger partial charge on any atom is -0.478 e. The van der Waals surface area contributed by atoms with Gasteiger partial charge < -0.3 is 10.2 Å². The molecule has 0 atom stereocenters. The molecule has 7 nitrogen and oxygen atoms in total. The number of rotatable bonds is 5. The molecule has 0 spiro atoms. The molecule has 2 aromatic carbocycles. The molecule has 2 aromatic rings. The largest absolute Gasteiger partial charge is 0.478 e. The van der Waals surface area contributed by atoms with Crippen molar-refractivity contribution in [1.29, 1.82) is 0 Å². The molecule has 0 aliphatic carbocycles. The van der Waals surface area contributed by atoms with E-state index in [1.807, 2.05) is 0 Å². The van der Waals surface area contributed by atoms with Crippen LogP contribution < -0.4 is 0 Å². The number of benzene rings is 2. The first-order chi connectivity index (χ1) is 10.7. The summed E-state index contributed by atoms with van der Waals surface area (Å²) in [6.07, 6.45) is -0.0443. The third-order valence-corrected chi connectivity index (χ3v) is 4.09. The van der Waals surface area contributed by atoms with Crippen molar-refractivity contribution in [2.24, 2.45) is 0 Å². The van der Waals surface area contributed by atoms with Gasteiger partial charge in [0.05, 0.1) is 16.0 Å². The van der Waals surface area contributed by atoms with Crippen LogP contribution in [0.3, 0.4) is 0 Å². The maximum absolute atomic E-state index is 11.4. The molecule has 0 bridgehead atoms. The maximum Gasteiger partial charge on any atom is 0.335 e. The van der Waals surface area contributed by atoms with Crippen LogP contribution >= 0.6 is 0 Å². The van der Waals surface area contributed by atoms with Gasteiger partial charge in [0.25, 0.3) is 10.1 Å². The Bertz CT molecular complexity index is 852. The first-order valence-corrected chi connectivity index (χ1v) is 7.78. The van der Waals surface area contributed by atoms with Crippen LogP contribution in [0.2, 0.25) is 0 Å². The van der Waals surface area contributed by atoms with E-state index in [2.05, 4.69) is 0 Å². The van der Waals surface area contributed by atoms with Gasteiger partial charge in [0.15, 0.2) is 0 Å². The second kappa shape index (κ2) is 6.19. The average Bonchev–Trinajstić information content (AvgIpc) is 2.46. The van der Waals surface area contributed by atoms with Crippen molar-refractivity contribution in [3.05, 3.63) is 64.7 Å². The van der Waals surface area contributed by atoms with Crippen molar-refractivity contribution in [1.82, 2.24) is 0 Å². The summed E-state index contributed by atoms with van der Waals surface area (Å²) in [6, 6.07) is 9.20. The van der Waals surface area contributed by atoms with Crippen LogP contribution in [0.25, 0.3) is 0 Å². The average molecular weight is 336 g/mol. The van der Waals surface area contributed by atoms with Crippen molar-refractivity contribution in [2.75, 3.05) is 0 Å². The third-order valence-electron chi connectivity index (χ3n) is 3.13. The Morgan fingerprint density at radius 1 is 0.913 bits per heavy atom. The highest BCUT2D eigenvalue weighted by atomic mass is 32.2. The van der Waals surface area contributed by atoms with Gasteiger partial charge in [-0.2, -0.15) is 8.42 Å². The molecule has 3 N–H and O–H groups in total. The second-order valence-corrected chi connectivity index (χ2v) is 6.18. The monoisotopic (exact) mass is 336 g/mol. The summed E-state index contributed by atoms with van der Waals surface area (Å²) < 4.78 is 31.9. The summed E-state index contributed by atoms with van der Waals surface area (Å²) in [4.78, 5) is 21.8. The predicted molar refractivity (Wildman–Crippen MR) is 79.4 cm³/mol. The number of carbonyl (C=O) groups is 2. The van der Waals surface area contributed by atoms with Gasteiger partial charge in [0.1, 0.15) is 0 Å². The molecule has 23 heavy (non-hydrogen) atoms. The lowest BCUT2D eigenvalue weighted by atomic mass is 9.99. The lowest BCUT2D eigenvalue weighted by Gasteiger charge is -2.09. The molecule has 0 fully saturated rings. The number of hydrogen-bond donors (Lipinski definition) is 3. The van der Waals surface area contributed by atoms with Gasteiger partial charge in [0.2, 0.25) is 0 Å². The molecule has 0 aliphatic heterocycles. The fraction of sp³-hybridized carbons (Fsp3) is 0.0667. The highest BCUT2D eigenvalue weighted by molar-refractivity contribution is 7.85. The van der Waals surface area contributed by atoms with E-state index in [1.165, 1.54) is 30.3 Å². The Balaban J connectivity index is 2.53. The van der Waals surface area contributed by atoms with Gasteiger partial charge in [0, 0.05) is 0 Å². The summed E-state index contributed by atoms with van der Waals surface area (Å²) >= 11 is 0. The van der Waals surface area contributed by atoms with Crippen molar-refractivity contribution in [3.63, 3.8) is 0 Å². The van der Waals surface area contributed by atoms with Crippen molar-refractivity contribution < 1.29 is 32.8 Å². The molecular weight excluding hydrogens is 324 g/mol. The topological polar surface area (TPSA) is 129 Å². The van der Waals surface area contributed by atoms with E-state index in [1.54, 1.807) is 6.07 Å². The molecular formula is C15H12O7S. The summed E-state index contributed by atoms with van der Waals surface area (Å²) in [5.41, 5.74) is 0.0979. The third kappa shape index (κ3) is 3.93. The molecule has 0 heterocycles. The van der Waals surface area contributed by atoms with E-state index in [-0.39, 0.29) is 28.0 Å². The molecule has 8 heteroatoms. The Hall–Kier alpha value is -2.71. The van der Waals surface area contributed by atoms with Gasteiger partial charge in [-0.1, -0.05) is 18.2 Å². The van der Waals surface area contributed by atoms with Crippen LogP contribution in [-0.4, -0.2) is 35.1 Å². The van der Waals surface area contributed by atoms with E-state index in [0.717, 1.165) is 6.07 Å². The van der Waals surface area contributed by atoms with Crippen LogP contribution in [0.4, 0.5) is 0 Å². The van der Waals surface area contributed by atoms with Crippen LogP contribution in [0, 0.1) is 0 Å². The summed E-state index contributed by atoms with van der Waals surface area (Å²) in [7, 11) is -4.44. The Kier molecular flexibility index (Phi) is 4.48. The second-order valence-electron chi connectivity index (χ2n) is 4.79. The van der Waals surface area contributed by atoms with E-state index < -0.39 is 22.1 Å². The Morgan fingerprint density at radius 3 is 1.91 bits per heavy atom. The van der Waals surface area contributed by atoms with E-state index >= 15 is 0 Å². The predicted octanol–water partition coefficient (Wildman–Crippen LogP) is 1.92. The quantitative estimate of drug-likeness (QED) is 0.711. The van der Waals surface area contributed by atoms with Gasteiger partial charge in [-0.15, -0.1) is 0 Å². The van der Waals surface area contributed by atoms with Gasteiger partial charge in [-0.05, 0) is 41.8 Å². The molecule has 120 valence electrons. The van der Waals surface area contributed by atoms with E-state index in [4.69, 9.17) is 10.2 Å². The minimum absolute atomic E-state index is 0.0443. The normalized spacial score (nSPS) is 11.2. The lowest BCUT2D eigenvalue weighted by Crippen LogP contribution is -2.07. The molecule has 2 rings (SSSR count). The molecule has 0 saturated heterocycles. The smallest absolute Gasteiger partial charge is 0.335 e. The highest BCUT2D eigenvalue weighted by Gasteiger charge is 2.17. The number of hydrogen-bond acceptors (Lipinski definition) is 4. The zero-order chi connectivity index (χ0) is 17.2. The van der Waals surface area contributed by atoms with Crippen LogP contribution in [0.1, 0.15) is 31.8 Å². The van der Waals surface area contributed by atoms with Crippen molar-refractivity contribution in [2.45, 2.75) is 11.3 Å². The number of carboxylic acid groups (broad SMARTS) is 2. The lowest BCUT2D eigenvalue weighted by molar-refractivity contribution is 0.0696. The van der Waals surface area contributed by atoms with Crippen molar-refractivity contribution >= 4 is 22.1 Å². The minimum atomic E-state index is -4.44. The van der Waals surface area contributed by atoms with Gasteiger partial charge >= 0.3 is 11.9 Å². The van der Waals surface area contributed by atoms with Crippen LogP contribution in [-0.2, 0) is 16.5 Å². The zero-order valence-electron chi connectivity index (χ0n) is 11.6. The van der Waals surface area contributed by atoms with Crippen molar-refractivity contribution in [3.8, 4) is 0 Å². The maximum atomic E-state index is 11.4. The first-order valence-electron chi connectivity index (χ1n) is 6.34. The summed E-state index contributed by atoms with van der Waals surface area (Å²) in [5.74, 6) is -2.59. The standard InChI is InChI=1S/C15H12O7S/c16-14(17)11-6-9(7-12(8-11)15(18)19)5-10-3-1-2-4-13(10)23(20,21)22/h1-4,6-8H,5H2,(H,16,17)(H,18,19)(H,20,21,22). The zero-order valence-corrected chi connectivity index (χ0v) is 12.4. The fourth-order valence-electron chi connectivity index (χ4n) is 2.16. The van der Waals surface area contributed by atoms with E-state index in [9.17, 15) is 22.6 Å². The molecule has 0 saturated carbocycles. The highest BCUT2D eigenvalue weighted by Crippen LogP contribution is 2.21. The summed E-state index contributed by atoms with van der Waals surface area (Å²) in [5, 5.41) is 18.1. The molecule has 0 amide bonds. The molecule has 0 aliphatic rings. The molecule has 0 radical (unpaired) electrons. The molecule has 0 unspecified atom stereocenters. The van der Waals surface area contributed by atoms with E-state index in [0.29, 0.717) is 5.56 Å². The molecule has 0 aromatic heterocycles. The number of aromatic carboxylic acids is 2.